The molecule has 1 atom stereocenters. The lowest BCUT2D eigenvalue weighted by molar-refractivity contribution is -0.122. The molecule has 134 valence electrons. The number of amides is 1. The smallest absolute Gasteiger partial charge is 0.220 e. The van der Waals surface area contributed by atoms with Crippen molar-refractivity contribution in [2.75, 3.05) is 40.0 Å². The van der Waals surface area contributed by atoms with Gasteiger partial charge in [0.15, 0.2) is 0 Å². The minimum absolute atomic E-state index is 0.000471. The number of methoxy groups -OCH3 is 1. The van der Waals surface area contributed by atoms with Crippen molar-refractivity contribution in [1.82, 2.24) is 10.2 Å². The third-order valence-corrected chi connectivity index (χ3v) is 4.44. The largest absolute Gasteiger partial charge is 0.497 e. The Balaban J connectivity index is 1.55. The van der Waals surface area contributed by atoms with E-state index < -0.39 is 0 Å². The van der Waals surface area contributed by atoms with Gasteiger partial charge < -0.3 is 19.7 Å². The Hall–Kier alpha value is -1.59. The molecule has 1 aromatic rings. The van der Waals surface area contributed by atoms with Gasteiger partial charge in [0, 0.05) is 19.6 Å². The third-order valence-electron chi connectivity index (χ3n) is 4.44. The second-order valence-corrected chi connectivity index (χ2v) is 6.33. The van der Waals surface area contributed by atoms with Gasteiger partial charge in [0.1, 0.15) is 5.75 Å². The van der Waals surface area contributed by atoms with Gasteiger partial charge in [-0.25, -0.2) is 0 Å². The van der Waals surface area contributed by atoms with Crippen LogP contribution < -0.4 is 10.1 Å². The van der Waals surface area contributed by atoms with Gasteiger partial charge in [-0.3, -0.25) is 4.79 Å². The molecule has 0 spiro atoms. The van der Waals surface area contributed by atoms with E-state index in [4.69, 9.17) is 9.47 Å². The van der Waals surface area contributed by atoms with E-state index in [9.17, 15) is 4.79 Å². The number of likely N-dealkylation sites (tertiary alicyclic amines) is 1. The Kier molecular flexibility index (Phi) is 8.05. The van der Waals surface area contributed by atoms with E-state index in [1.807, 2.05) is 31.2 Å². The number of hydrogen-bond acceptors (Lipinski definition) is 4. The lowest BCUT2D eigenvalue weighted by Gasteiger charge is -2.15. The van der Waals surface area contributed by atoms with E-state index in [0.717, 1.165) is 30.9 Å². The van der Waals surface area contributed by atoms with E-state index in [1.54, 1.807) is 7.11 Å². The second-order valence-electron chi connectivity index (χ2n) is 6.33. The Morgan fingerprint density at radius 1 is 1.21 bits per heavy atom. The van der Waals surface area contributed by atoms with Crippen LogP contribution in [0.4, 0.5) is 0 Å². The second kappa shape index (κ2) is 10.3. The van der Waals surface area contributed by atoms with Crippen molar-refractivity contribution in [3.8, 4) is 5.75 Å². The predicted molar refractivity (Wildman–Crippen MR) is 95.3 cm³/mol. The first-order chi connectivity index (χ1) is 11.7. The Labute approximate surface area is 145 Å². The van der Waals surface area contributed by atoms with E-state index >= 15 is 0 Å². The van der Waals surface area contributed by atoms with Crippen molar-refractivity contribution in [2.24, 2.45) is 0 Å². The molecular formula is C19H30N2O3. The summed E-state index contributed by atoms with van der Waals surface area (Å²) >= 11 is 0. The third kappa shape index (κ3) is 6.49. The molecule has 1 fully saturated rings. The zero-order chi connectivity index (χ0) is 17.2. The van der Waals surface area contributed by atoms with Crippen LogP contribution in [-0.2, 0) is 9.53 Å². The van der Waals surface area contributed by atoms with Crippen molar-refractivity contribution in [3.05, 3.63) is 29.8 Å². The lowest BCUT2D eigenvalue weighted by atomic mass is 10.1. The van der Waals surface area contributed by atoms with Crippen molar-refractivity contribution in [1.29, 1.82) is 0 Å². The van der Waals surface area contributed by atoms with Crippen LogP contribution in [0, 0.1) is 0 Å². The van der Waals surface area contributed by atoms with Crippen molar-refractivity contribution >= 4 is 5.91 Å². The molecule has 0 aromatic heterocycles. The molecule has 0 saturated carbocycles. The van der Waals surface area contributed by atoms with Gasteiger partial charge in [0.05, 0.1) is 19.8 Å². The molecule has 5 nitrogen and oxygen atoms in total. The minimum Gasteiger partial charge on any atom is -0.497 e. The van der Waals surface area contributed by atoms with E-state index in [0.29, 0.717) is 13.0 Å². The molecule has 1 N–H and O–H groups in total. The molecule has 1 aliphatic heterocycles. The van der Waals surface area contributed by atoms with Crippen molar-refractivity contribution < 1.29 is 14.3 Å². The molecule has 0 radical (unpaired) electrons. The molecule has 24 heavy (non-hydrogen) atoms. The van der Waals surface area contributed by atoms with Crippen LogP contribution in [0.1, 0.15) is 44.2 Å². The number of nitrogens with zero attached hydrogens (tertiary/aromatic N) is 1. The Morgan fingerprint density at radius 3 is 2.58 bits per heavy atom. The zero-order valence-corrected chi connectivity index (χ0v) is 14.9. The van der Waals surface area contributed by atoms with Crippen LogP contribution in [0.25, 0.3) is 0 Å². The highest BCUT2D eigenvalue weighted by molar-refractivity contribution is 5.76. The molecule has 1 unspecified atom stereocenters. The summed E-state index contributed by atoms with van der Waals surface area (Å²) < 4.78 is 10.8. The molecule has 1 heterocycles. The predicted octanol–water partition coefficient (Wildman–Crippen LogP) is 2.77. The van der Waals surface area contributed by atoms with Crippen LogP contribution >= 0.6 is 0 Å². The number of carbonyl (C=O) groups is 1. The molecule has 1 saturated heterocycles. The monoisotopic (exact) mass is 334 g/mol. The van der Waals surface area contributed by atoms with Crippen LogP contribution in [-0.4, -0.2) is 50.8 Å². The molecule has 1 amide bonds. The first-order valence-electron chi connectivity index (χ1n) is 8.92. The van der Waals surface area contributed by atoms with Crippen LogP contribution in [0.2, 0.25) is 0 Å². The normalized spacial score (nSPS) is 16.1. The average molecular weight is 334 g/mol. The molecule has 5 heteroatoms. The maximum atomic E-state index is 12.0. The van der Waals surface area contributed by atoms with E-state index in [1.165, 1.54) is 25.9 Å². The summed E-state index contributed by atoms with van der Waals surface area (Å²) in [6.45, 7) is 6.83. The topological polar surface area (TPSA) is 50.8 Å². The number of rotatable bonds is 10. The van der Waals surface area contributed by atoms with Gasteiger partial charge in [-0.05, 0) is 57.0 Å². The van der Waals surface area contributed by atoms with E-state index in [2.05, 4.69) is 10.2 Å². The number of nitrogens with one attached hydrogen (secondary N) is 1. The number of ether oxygens (including phenoxy) is 2. The van der Waals surface area contributed by atoms with Gasteiger partial charge in [-0.2, -0.15) is 0 Å². The van der Waals surface area contributed by atoms with Crippen LogP contribution in [0.5, 0.6) is 5.75 Å². The Morgan fingerprint density at radius 2 is 1.92 bits per heavy atom. The first-order valence-corrected chi connectivity index (χ1v) is 8.92. The van der Waals surface area contributed by atoms with Crippen LogP contribution in [0.3, 0.4) is 0 Å². The highest BCUT2D eigenvalue weighted by atomic mass is 16.5. The maximum absolute atomic E-state index is 12.0. The first kappa shape index (κ1) is 18.7. The number of hydrogen-bond donors (Lipinski definition) is 1. The van der Waals surface area contributed by atoms with Gasteiger partial charge in [0.2, 0.25) is 5.91 Å². The number of carbonyl (C=O) groups excluding carboxylic acids is 1. The average Bonchev–Trinajstić information content (AvgIpc) is 3.11. The fourth-order valence-corrected chi connectivity index (χ4v) is 2.93. The summed E-state index contributed by atoms with van der Waals surface area (Å²) in [5.74, 6) is 0.893. The van der Waals surface area contributed by atoms with Crippen molar-refractivity contribution in [3.63, 3.8) is 0 Å². The highest BCUT2D eigenvalue weighted by Crippen LogP contribution is 2.17. The fourth-order valence-electron chi connectivity index (χ4n) is 2.93. The van der Waals surface area contributed by atoms with Gasteiger partial charge in [-0.15, -0.1) is 0 Å². The molecular weight excluding hydrogens is 304 g/mol. The SMILES string of the molecule is COc1ccc(C(C)NC(=O)CCCOCCN2CCCC2)cc1. The van der Waals surface area contributed by atoms with E-state index in [-0.39, 0.29) is 11.9 Å². The van der Waals surface area contributed by atoms with Crippen LogP contribution in [0.15, 0.2) is 24.3 Å². The summed E-state index contributed by atoms with van der Waals surface area (Å²) in [5, 5.41) is 3.03. The summed E-state index contributed by atoms with van der Waals surface area (Å²) in [6, 6.07) is 7.77. The maximum Gasteiger partial charge on any atom is 0.220 e. The zero-order valence-electron chi connectivity index (χ0n) is 14.9. The Bertz CT molecular complexity index is 484. The molecule has 0 bridgehead atoms. The van der Waals surface area contributed by atoms with Gasteiger partial charge in [-0.1, -0.05) is 12.1 Å². The minimum atomic E-state index is -0.000471. The molecule has 0 aliphatic carbocycles. The summed E-state index contributed by atoms with van der Waals surface area (Å²) in [7, 11) is 1.65. The van der Waals surface area contributed by atoms with Crippen molar-refractivity contribution in [2.45, 2.75) is 38.6 Å². The highest BCUT2D eigenvalue weighted by Gasteiger charge is 2.11. The fraction of sp³-hybridized carbons (Fsp3) is 0.632. The van der Waals surface area contributed by atoms with Gasteiger partial charge >= 0.3 is 0 Å². The molecule has 2 rings (SSSR count). The molecule has 1 aromatic carbocycles. The summed E-state index contributed by atoms with van der Waals surface area (Å²) in [4.78, 5) is 14.4. The summed E-state index contributed by atoms with van der Waals surface area (Å²) in [6.07, 6.45) is 3.89. The quantitative estimate of drug-likeness (QED) is 0.669. The lowest BCUT2D eigenvalue weighted by Crippen LogP contribution is -2.27. The number of benzene rings is 1. The summed E-state index contributed by atoms with van der Waals surface area (Å²) in [5.41, 5.74) is 1.08. The van der Waals surface area contributed by atoms with Gasteiger partial charge in [0.25, 0.3) is 0 Å². The molecule has 1 aliphatic rings. The standard InChI is InChI=1S/C19H30N2O3/c1-16(17-7-9-18(23-2)10-8-17)20-19(22)6-5-14-24-15-13-21-11-3-4-12-21/h7-10,16H,3-6,11-15H2,1-2H3,(H,20,22).